The largest absolute Gasteiger partial charge is 0.493 e. The first-order chi connectivity index (χ1) is 11.6. The van der Waals surface area contributed by atoms with Crippen LogP contribution in [0, 0.1) is 0 Å². The van der Waals surface area contributed by atoms with Crippen LogP contribution in [0.1, 0.15) is 18.4 Å². The number of amides is 1. The van der Waals surface area contributed by atoms with Crippen molar-refractivity contribution in [3.63, 3.8) is 0 Å². The highest BCUT2D eigenvalue weighted by molar-refractivity contribution is 5.85. The molecular formula is C18H30ClN3O3. The average molecular weight is 372 g/mol. The van der Waals surface area contributed by atoms with Crippen molar-refractivity contribution in [2.24, 2.45) is 0 Å². The summed E-state index contributed by atoms with van der Waals surface area (Å²) in [5.41, 5.74) is 1.02. The number of likely N-dealkylation sites (tertiary alicyclic amines) is 1. The van der Waals surface area contributed by atoms with Crippen molar-refractivity contribution in [1.82, 2.24) is 15.1 Å². The van der Waals surface area contributed by atoms with Crippen LogP contribution < -0.4 is 14.8 Å². The van der Waals surface area contributed by atoms with Gasteiger partial charge in [0.2, 0.25) is 5.91 Å². The van der Waals surface area contributed by atoms with E-state index < -0.39 is 0 Å². The smallest absolute Gasteiger partial charge is 0.236 e. The summed E-state index contributed by atoms with van der Waals surface area (Å²) in [6.45, 7) is 2.96. The predicted octanol–water partition coefficient (Wildman–Crippen LogP) is 1.77. The van der Waals surface area contributed by atoms with Crippen LogP contribution in [-0.4, -0.2) is 69.7 Å². The molecular weight excluding hydrogens is 342 g/mol. The summed E-state index contributed by atoms with van der Waals surface area (Å²) in [7, 11) is 7.06. The van der Waals surface area contributed by atoms with Crippen LogP contribution in [0.3, 0.4) is 0 Å². The van der Waals surface area contributed by atoms with E-state index >= 15 is 0 Å². The third kappa shape index (κ3) is 6.06. The molecule has 1 saturated heterocycles. The highest BCUT2D eigenvalue weighted by Gasteiger charge is 2.21. The number of benzene rings is 1. The minimum absolute atomic E-state index is 0. The molecule has 0 aromatic heterocycles. The number of rotatable bonds is 7. The second-order valence-corrected chi connectivity index (χ2v) is 6.30. The second kappa shape index (κ2) is 10.5. The molecule has 25 heavy (non-hydrogen) atoms. The number of piperidine rings is 1. The van der Waals surface area contributed by atoms with Gasteiger partial charge < -0.3 is 19.7 Å². The Morgan fingerprint density at radius 1 is 1.32 bits per heavy atom. The molecule has 1 amide bonds. The molecule has 1 N–H and O–H groups in total. The number of hydrogen-bond acceptors (Lipinski definition) is 5. The fourth-order valence-corrected chi connectivity index (χ4v) is 3.09. The van der Waals surface area contributed by atoms with Crippen LogP contribution in [0.25, 0.3) is 0 Å². The van der Waals surface area contributed by atoms with E-state index in [0.29, 0.717) is 30.6 Å². The number of ether oxygens (including phenoxy) is 2. The Labute approximate surface area is 156 Å². The van der Waals surface area contributed by atoms with Crippen molar-refractivity contribution >= 4 is 18.3 Å². The van der Waals surface area contributed by atoms with Crippen molar-refractivity contribution in [3.8, 4) is 11.5 Å². The lowest BCUT2D eigenvalue weighted by atomic mass is 10.1. The van der Waals surface area contributed by atoms with Crippen molar-refractivity contribution < 1.29 is 14.3 Å². The van der Waals surface area contributed by atoms with E-state index in [1.807, 2.05) is 32.3 Å². The zero-order chi connectivity index (χ0) is 17.5. The van der Waals surface area contributed by atoms with Crippen LogP contribution in [0.2, 0.25) is 0 Å². The van der Waals surface area contributed by atoms with Gasteiger partial charge in [-0.25, -0.2) is 0 Å². The molecule has 1 aliphatic rings. The Bertz CT molecular complexity index is 556. The third-order valence-electron chi connectivity index (χ3n) is 4.57. The van der Waals surface area contributed by atoms with E-state index in [9.17, 15) is 4.79 Å². The van der Waals surface area contributed by atoms with Gasteiger partial charge in [0.25, 0.3) is 0 Å². The Morgan fingerprint density at radius 3 is 2.68 bits per heavy atom. The summed E-state index contributed by atoms with van der Waals surface area (Å²) < 4.78 is 10.6. The number of methoxy groups -OCH3 is 2. The Balaban J connectivity index is 0.00000312. The molecule has 1 aliphatic heterocycles. The first-order valence-electron chi connectivity index (χ1n) is 8.41. The molecule has 142 valence electrons. The lowest BCUT2D eigenvalue weighted by Gasteiger charge is -2.33. The van der Waals surface area contributed by atoms with E-state index in [0.717, 1.165) is 25.1 Å². The minimum atomic E-state index is 0. The molecule has 1 unspecified atom stereocenters. The van der Waals surface area contributed by atoms with Gasteiger partial charge in [-0.1, -0.05) is 6.07 Å². The fraction of sp³-hybridized carbons (Fsp3) is 0.611. The van der Waals surface area contributed by atoms with Gasteiger partial charge in [0.1, 0.15) is 0 Å². The first-order valence-corrected chi connectivity index (χ1v) is 8.41. The maximum Gasteiger partial charge on any atom is 0.236 e. The number of likely N-dealkylation sites (N-methyl/N-ethyl adjacent to an activating group) is 2. The van der Waals surface area contributed by atoms with E-state index in [4.69, 9.17) is 9.47 Å². The van der Waals surface area contributed by atoms with Gasteiger partial charge in [0.05, 0.1) is 20.8 Å². The molecule has 2 rings (SSSR count). The standard InChI is InChI=1S/C18H29N3O3.ClH/c1-19-15-6-5-9-21(12-15)13-18(22)20(2)11-14-7-8-16(23-3)17(10-14)24-4;/h7-8,10,15,19H,5-6,9,11-13H2,1-4H3;1H. The monoisotopic (exact) mass is 371 g/mol. The van der Waals surface area contributed by atoms with Crippen LogP contribution in [0.5, 0.6) is 11.5 Å². The molecule has 6 nitrogen and oxygen atoms in total. The summed E-state index contributed by atoms with van der Waals surface area (Å²) in [6.07, 6.45) is 2.32. The summed E-state index contributed by atoms with van der Waals surface area (Å²) in [5.74, 6) is 1.52. The molecule has 0 spiro atoms. The molecule has 0 saturated carbocycles. The number of nitrogens with zero attached hydrogens (tertiary/aromatic N) is 2. The maximum atomic E-state index is 12.5. The molecule has 0 aliphatic carbocycles. The normalized spacial score (nSPS) is 17.5. The quantitative estimate of drug-likeness (QED) is 0.791. The van der Waals surface area contributed by atoms with Gasteiger partial charge in [0.15, 0.2) is 11.5 Å². The third-order valence-corrected chi connectivity index (χ3v) is 4.57. The van der Waals surface area contributed by atoms with Crippen LogP contribution in [0.4, 0.5) is 0 Å². The van der Waals surface area contributed by atoms with Crippen molar-refractivity contribution in [3.05, 3.63) is 23.8 Å². The topological polar surface area (TPSA) is 54.0 Å². The summed E-state index contributed by atoms with van der Waals surface area (Å²) in [5, 5.41) is 3.31. The number of nitrogens with one attached hydrogen (secondary N) is 1. The van der Waals surface area contributed by atoms with Crippen molar-refractivity contribution in [2.75, 3.05) is 47.9 Å². The molecule has 0 bridgehead atoms. The zero-order valence-electron chi connectivity index (χ0n) is 15.6. The van der Waals surface area contributed by atoms with Gasteiger partial charge in [0, 0.05) is 26.2 Å². The molecule has 1 aromatic carbocycles. The van der Waals surface area contributed by atoms with Crippen molar-refractivity contribution in [2.45, 2.75) is 25.4 Å². The summed E-state index contributed by atoms with van der Waals surface area (Å²) in [4.78, 5) is 16.5. The lowest BCUT2D eigenvalue weighted by molar-refractivity contribution is -0.132. The second-order valence-electron chi connectivity index (χ2n) is 6.30. The van der Waals surface area contributed by atoms with Crippen LogP contribution >= 0.6 is 12.4 Å². The molecule has 0 radical (unpaired) electrons. The van der Waals surface area contributed by atoms with Crippen molar-refractivity contribution in [1.29, 1.82) is 0 Å². The molecule has 1 aromatic rings. The highest BCUT2D eigenvalue weighted by Crippen LogP contribution is 2.27. The van der Waals surface area contributed by atoms with Gasteiger partial charge in [-0.05, 0) is 44.1 Å². The van der Waals surface area contributed by atoms with Gasteiger partial charge in [-0.2, -0.15) is 0 Å². The SMILES string of the molecule is CNC1CCCN(CC(=O)N(C)Cc2ccc(OC)c(OC)c2)C1.Cl. The van der Waals surface area contributed by atoms with Gasteiger partial charge in [-0.15, -0.1) is 12.4 Å². The zero-order valence-corrected chi connectivity index (χ0v) is 16.4. The van der Waals surface area contributed by atoms with E-state index in [-0.39, 0.29) is 18.3 Å². The van der Waals surface area contributed by atoms with Gasteiger partial charge >= 0.3 is 0 Å². The lowest BCUT2D eigenvalue weighted by Crippen LogP contribution is -2.48. The van der Waals surface area contributed by atoms with Crippen LogP contribution in [0.15, 0.2) is 18.2 Å². The van der Waals surface area contributed by atoms with Crippen LogP contribution in [-0.2, 0) is 11.3 Å². The molecule has 1 fully saturated rings. The van der Waals surface area contributed by atoms with E-state index in [2.05, 4.69) is 10.2 Å². The predicted molar refractivity (Wildman–Crippen MR) is 102 cm³/mol. The van der Waals surface area contributed by atoms with E-state index in [1.54, 1.807) is 19.1 Å². The average Bonchev–Trinajstić information content (AvgIpc) is 2.61. The number of carbonyl (C=O) groups excluding carboxylic acids is 1. The minimum Gasteiger partial charge on any atom is -0.493 e. The Hall–Kier alpha value is -1.50. The molecule has 1 heterocycles. The highest BCUT2D eigenvalue weighted by atomic mass is 35.5. The molecule has 1 atom stereocenters. The maximum absolute atomic E-state index is 12.5. The first kappa shape index (κ1) is 21.5. The summed E-state index contributed by atoms with van der Waals surface area (Å²) in [6, 6.07) is 6.24. The number of halogens is 1. The number of hydrogen-bond donors (Lipinski definition) is 1. The fourth-order valence-electron chi connectivity index (χ4n) is 3.09. The van der Waals surface area contributed by atoms with Gasteiger partial charge in [-0.3, -0.25) is 9.69 Å². The Morgan fingerprint density at radius 2 is 2.04 bits per heavy atom. The number of carbonyl (C=O) groups is 1. The van der Waals surface area contributed by atoms with E-state index in [1.165, 1.54) is 6.42 Å². The Kier molecular flexibility index (Phi) is 9.03. The molecule has 7 heteroatoms. The summed E-state index contributed by atoms with van der Waals surface area (Å²) >= 11 is 0.